The molecule has 0 aliphatic rings. The molecule has 0 atom stereocenters. The molecule has 0 aliphatic carbocycles. The summed E-state index contributed by atoms with van der Waals surface area (Å²) < 4.78 is 4.92. The van der Waals surface area contributed by atoms with Crippen molar-refractivity contribution >= 4 is 17.5 Å². The molecular weight excluding hydrogens is 244 g/mol. The van der Waals surface area contributed by atoms with Crippen molar-refractivity contribution in [3.05, 3.63) is 41.5 Å². The smallest absolute Gasteiger partial charge is 0.379 e. The highest BCUT2D eigenvalue weighted by Crippen LogP contribution is 2.16. The number of ether oxygens (including phenoxy) is 1. The standard InChI is InChI=1S/C15H18O4/c1-10-7-5-6-8-11(10)12(16)9-13(17)14(18)19-15(2,3)4/h5-9,16H,1-4H3. The normalized spacial score (nSPS) is 12.1. The first-order valence-corrected chi connectivity index (χ1v) is 5.94. The van der Waals surface area contributed by atoms with Crippen molar-refractivity contribution in [3.8, 4) is 0 Å². The van der Waals surface area contributed by atoms with Crippen molar-refractivity contribution < 1.29 is 19.4 Å². The Labute approximate surface area is 112 Å². The summed E-state index contributed by atoms with van der Waals surface area (Å²) in [7, 11) is 0. The molecule has 0 fully saturated rings. The molecule has 4 heteroatoms. The zero-order valence-electron chi connectivity index (χ0n) is 11.6. The van der Waals surface area contributed by atoms with Crippen LogP contribution >= 0.6 is 0 Å². The average molecular weight is 262 g/mol. The highest BCUT2D eigenvalue weighted by Gasteiger charge is 2.22. The second-order valence-corrected chi connectivity index (χ2v) is 5.21. The Morgan fingerprint density at radius 2 is 1.79 bits per heavy atom. The number of aryl methyl sites for hydroxylation is 1. The molecule has 0 amide bonds. The lowest BCUT2D eigenvalue weighted by Gasteiger charge is -2.18. The quantitative estimate of drug-likeness (QED) is 0.394. The van der Waals surface area contributed by atoms with E-state index in [0.29, 0.717) is 5.56 Å². The number of ketones is 1. The highest BCUT2D eigenvalue weighted by atomic mass is 16.6. The van der Waals surface area contributed by atoms with Crippen LogP contribution in [0, 0.1) is 6.92 Å². The van der Waals surface area contributed by atoms with Gasteiger partial charge < -0.3 is 9.84 Å². The third-order valence-electron chi connectivity index (χ3n) is 2.29. The zero-order chi connectivity index (χ0) is 14.6. The zero-order valence-corrected chi connectivity index (χ0v) is 11.6. The van der Waals surface area contributed by atoms with Crippen LogP contribution in [0.2, 0.25) is 0 Å². The van der Waals surface area contributed by atoms with Gasteiger partial charge in [-0.2, -0.15) is 0 Å². The molecule has 1 rings (SSSR count). The molecule has 0 saturated heterocycles. The number of carbonyl (C=O) groups is 2. The van der Waals surface area contributed by atoms with Gasteiger partial charge in [0.05, 0.1) is 0 Å². The summed E-state index contributed by atoms with van der Waals surface area (Å²) >= 11 is 0. The van der Waals surface area contributed by atoms with Crippen molar-refractivity contribution in [3.63, 3.8) is 0 Å². The fourth-order valence-electron chi connectivity index (χ4n) is 1.45. The summed E-state index contributed by atoms with van der Waals surface area (Å²) in [6.45, 7) is 6.81. The SMILES string of the molecule is Cc1ccccc1C(O)=CC(=O)C(=O)OC(C)(C)C. The molecule has 0 spiro atoms. The van der Waals surface area contributed by atoms with Gasteiger partial charge in [-0.25, -0.2) is 4.79 Å². The van der Waals surface area contributed by atoms with E-state index in [4.69, 9.17) is 4.74 Å². The summed E-state index contributed by atoms with van der Waals surface area (Å²) in [5.41, 5.74) is 0.589. The molecule has 0 radical (unpaired) electrons. The Balaban J connectivity index is 2.88. The van der Waals surface area contributed by atoms with Gasteiger partial charge in [0.1, 0.15) is 11.4 Å². The van der Waals surface area contributed by atoms with Crippen LogP contribution in [0.25, 0.3) is 5.76 Å². The average Bonchev–Trinajstić information content (AvgIpc) is 2.27. The molecule has 0 bridgehead atoms. The second kappa shape index (κ2) is 5.69. The third kappa shape index (κ3) is 4.58. The van der Waals surface area contributed by atoms with Gasteiger partial charge in [0, 0.05) is 11.6 Å². The van der Waals surface area contributed by atoms with E-state index in [1.165, 1.54) is 0 Å². The predicted molar refractivity (Wildman–Crippen MR) is 72.6 cm³/mol. The molecule has 0 saturated carbocycles. The van der Waals surface area contributed by atoms with Gasteiger partial charge in [0.25, 0.3) is 5.78 Å². The molecular formula is C15H18O4. The second-order valence-electron chi connectivity index (χ2n) is 5.21. The maximum atomic E-state index is 11.6. The van der Waals surface area contributed by atoms with E-state index in [1.54, 1.807) is 45.9 Å². The predicted octanol–water partition coefficient (Wildman–Crippen LogP) is 2.80. The van der Waals surface area contributed by atoms with Crippen molar-refractivity contribution in [2.24, 2.45) is 0 Å². The molecule has 0 aliphatic heterocycles. The van der Waals surface area contributed by atoms with E-state index in [9.17, 15) is 14.7 Å². The minimum absolute atomic E-state index is 0.242. The van der Waals surface area contributed by atoms with Gasteiger partial charge in [0.2, 0.25) is 0 Å². The van der Waals surface area contributed by atoms with Crippen LogP contribution in [0.5, 0.6) is 0 Å². The number of benzene rings is 1. The molecule has 19 heavy (non-hydrogen) atoms. The molecule has 102 valence electrons. The van der Waals surface area contributed by atoms with Gasteiger partial charge in [-0.15, -0.1) is 0 Å². The minimum Gasteiger partial charge on any atom is -0.507 e. The van der Waals surface area contributed by atoms with Crippen LogP contribution < -0.4 is 0 Å². The highest BCUT2D eigenvalue weighted by molar-refractivity contribution is 6.39. The van der Waals surface area contributed by atoms with Gasteiger partial charge in [-0.1, -0.05) is 24.3 Å². The number of esters is 1. The first kappa shape index (κ1) is 15.0. The number of hydrogen-bond donors (Lipinski definition) is 1. The first-order valence-electron chi connectivity index (χ1n) is 5.94. The molecule has 1 aromatic carbocycles. The lowest BCUT2D eigenvalue weighted by Crippen LogP contribution is -2.28. The lowest BCUT2D eigenvalue weighted by molar-refractivity contribution is -0.160. The number of carbonyl (C=O) groups excluding carboxylic acids is 2. The van der Waals surface area contributed by atoms with Crippen molar-refractivity contribution in [1.29, 1.82) is 0 Å². The minimum atomic E-state index is -0.979. The Hall–Kier alpha value is -2.10. The Morgan fingerprint density at radius 3 is 2.32 bits per heavy atom. The van der Waals surface area contributed by atoms with Gasteiger partial charge in [0.15, 0.2) is 0 Å². The first-order chi connectivity index (χ1) is 8.70. The molecule has 4 nitrogen and oxygen atoms in total. The topological polar surface area (TPSA) is 63.6 Å². The fourth-order valence-corrected chi connectivity index (χ4v) is 1.45. The van der Waals surface area contributed by atoms with Crippen LogP contribution in [0.15, 0.2) is 30.3 Å². The molecule has 0 aromatic heterocycles. The Kier molecular flexibility index (Phi) is 4.48. The monoisotopic (exact) mass is 262 g/mol. The number of aliphatic hydroxyl groups excluding tert-OH is 1. The van der Waals surface area contributed by atoms with Crippen LogP contribution in [0.1, 0.15) is 31.9 Å². The van der Waals surface area contributed by atoms with Crippen molar-refractivity contribution in [1.82, 2.24) is 0 Å². The van der Waals surface area contributed by atoms with E-state index in [-0.39, 0.29) is 5.76 Å². The van der Waals surface area contributed by atoms with Crippen LogP contribution in [0.3, 0.4) is 0 Å². The molecule has 1 aromatic rings. The summed E-state index contributed by atoms with van der Waals surface area (Å²) in [6.07, 6.45) is 0.885. The lowest BCUT2D eigenvalue weighted by atomic mass is 10.1. The van der Waals surface area contributed by atoms with Gasteiger partial charge >= 0.3 is 5.97 Å². The third-order valence-corrected chi connectivity index (χ3v) is 2.29. The summed E-state index contributed by atoms with van der Waals surface area (Å²) in [5, 5.41) is 9.85. The summed E-state index contributed by atoms with van der Waals surface area (Å²) in [6, 6.07) is 7.03. The van der Waals surface area contributed by atoms with Crippen LogP contribution in [-0.4, -0.2) is 22.5 Å². The van der Waals surface area contributed by atoms with Gasteiger partial charge in [-0.3, -0.25) is 4.79 Å². The largest absolute Gasteiger partial charge is 0.507 e. The molecule has 1 N–H and O–H groups in total. The van der Waals surface area contributed by atoms with Crippen molar-refractivity contribution in [2.45, 2.75) is 33.3 Å². The van der Waals surface area contributed by atoms with E-state index in [0.717, 1.165) is 11.6 Å². The fraction of sp³-hybridized carbons (Fsp3) is 0.333. The Morgan fingerprint density at radius 1 is 1.21 bits per heavy atom. The maximum Gasteiger partial charge on any atom is 0.379 e. The molecule has 0 unspecified atom stereocenters. The summed E-state index contributed by atoms with van der Waals surface area (Å²) in [5.74, 6) is -2.10. The van der Waals surface area contributed by atoms with Gasteiger partial charge in [-0.05, 0) is 33.3 Å². The van der Waals surface area contributed by atoms with E-state index >= 15 is 0 Å². The van der Waals surface area contributed by atoms with E-state index in [2.05, 4.69) is 0 Å². The van der Waals surface area contributed by atoms with Crippen LogP contribution in [-0.2, 0) is 14.3 Å². The van der Waals surface area contributed by atoms with Crippen molar-refractivity contribution in [2.75, 3.05) is 0 Å². The Bertz CT molecular complexity index is 521. The molecule has 0 heterocycles. The summed E-state index contributed by atoms with van der Waals surface area (Å²) in [4.78, 5) is 23.1. The maximum absolute atomic E-state index is 11.6. The van der Waals surface area contributed by atoms with Crippen LogP contribution in [0.4, 0.5) is 0 Å². The number of rotatable bonds is 3. The number of aliphatic hydroxyl groups is 1. The number of hydrogen-bond acceptors (Lipinski definition) is 4. The van der Waals surface area contributed by atoms with E-state index in [1.807, 2.05) is 6.07 Å². The van der Waals surface area contributed by atoms with E-state index < -0.39 is 17.4 Å².